The van der Waals surface area contributed by atoms with Crippen LogP contribution in [0.1, 0.15) is 60.1 Å². The van der Waals surface area contributed by atoms with Crippen LogP contribution in [0, 0.1) is 0 Å². The van der Waals surface area contributed by atoms with Crippen LogP contribution in [-0.2, 0) is 33.6 Å². The number of likely N-dealkylation sites (tertiary alicyclic amines) is 1. The maximum Gasteiger partial charge on any atom is 0.407 e. The number of carbonyl (C=O) groups excluding carboxylic acids is 3. The number of carbonyl (C=O) groups is 3. The summed E-state index contributed by atoms with van der Waals surface area (Å²) in [4.78, 5) is 56.4. The van der Waals surface area contributed by atoms with Crippen molar-refractivity contribution in [3.8, 4) is 5.75 Å². The molecule has 346 valence electrons. The molecule has 5 aromatic rings. The summed E-state index contributed by atoms with van der Waals surface area (Å²) in [5.74, 6) is -0.114. The number of rotatable bonds is 21. The van der Waals surface area contributed by atoms with Crippen LogP contribution in [0.15, 0.2) is 139 Å². The number of hydrogen-bond acceptors (Lipinski definition) is 9. The molecule has 13 nitrogen and oxygen atoms in total. The molecule has 0 radical (unpaired) electrons. The number of H-pyrrole nitrogens is 1. The molecular formula is C53H62N6O7. The fourth-order valence-electron chi connectivity index (χ4n) is 7.89. The first kappa shape index (κ1) is 48.7. The van der Waals surface area contributed by atoms with E-state index in [0.29, 0.717) is 68.3 Å². The lowest BCUT2D eigenvalue weighted by Crippen LogP contribution is -2.41. The maximum atomic E-state index is 13.1. The van der Waals surface area contributed by atoms with Gasteiger partial charge in [0.05, 0.1) is 18.0 Å². The number of piperidine rings is 1. The molecule has 0 saturated carbocycles. The zero-order valence-electron chi connectivity index (χ0n) is 37.9. The van der Waals surface area contributed by atoms with E-state index in [2.05, 4.69) is 63.6 Å². The quantitative estimate of drug-likeness (QED) is 0.0435. The molecule has 1 aliphatic heterocycles. The number of alkyl carbamates (subject to hydrolysis) is 1. The van der Waals surface area contributed by atoms with E-state index in [4.69, 9.17) is 4.74 Å². The molecular weight excluding hydrogens is 833 g/mol. The van der Waals surface area contributed by atoms with E-state index >= 15 is 0 Å². The average Bonchev–Trinajstić information content (AvgIpc) is 3.32. The van der Waals surface area contributed by atoms with Crippen LogP contribution in [0.25, 0.3) is 16.5 Å². The van der Waals surface area contributed by atoms with E-state index in [1.807, 2.05) is 78.9 Å². The van der Waals surface area contributed by atoms with Crippen molar-refractivity contribution in [2.45, 2.75) is 63.7 Å². The number of benzene rings is 4. The molecule has 1 aliphatic rings. The van der Waals surface area contributed by atoms with Gasteiger partial charge in [0.2, 0.25) is 17.4 Å². The Labute approximate surface area is 386 Å². The number of aliphatic hydroxyl groups excluding tert-OH is 1. The number of fused-ring (bicyclic) bond motifs is 1. The van der Waals surface area contributed by atoms with E-state index < -0.39 is 12.2 Å². The molecule has 1 saturated heterocycles. The molecule has 1 aromatic heterocycles. The van der Waals surface area contributed by atoms with Crippen LogP contribution >= 0.6 is 0 Å². The standard InChI is InChI=1S/C53H62N6O7/c1-37(42-11-7-4-8-12-42)10-6-5-9-29-55-53(65)66-44-26-31-59(32-27-44)33-28-51(64)58(3)43-19-17-41(18-20-43)35-50(63)54-30-25-39-13-15-40(16-14-39)34-38(2)56-36-48(61)45-21-23-47(60)52-46(45)22-24-49(62)57-52/h4-24,38,44,48,56,60-61H,1,25-36H2,2-3H3,(H,54,63)(H,55,65)(H,57,62)/b9-5-,10-6-/t38-,48+/m1/s1. The molecule has 2 atom stereocenters. The molecule has 2 heterocycles. The Kier molecular flexibility index (Phi) is 18.0. The second-order valence-electron chi connectivity index (χ2n) is 16.8. The van der Waals surface area contributed by atoms with Crippen LogP contribution in [0.3, 0.4) is 0 Å². The predicted molar refractivity (Wildman–Crippen MR) is 261 cm³/mol. The van der Waals surface area contributed by atoms with Gasteiger partial charge in [0.25, 0.3) is 0 Å². The van der Waals surface area contributed by atoms with Gasteiger partial charge in [-0.15, -0.1) is 0 Å². The highest BCUT2D eigenvalue weighted by Gasteiger charge is 2.23. The number of phenols is 1. The molecule has 3 amide bonds. The molecule has 0 spiro atoms. The lowest BCUT2D eigenvalue weighted by Gasteiger charge is -2.31. The van der Waals surface area contributed by atoms with Crippen molar-refractivity contribution < 1.29 is 29.3 Å². The Morgan fingerprint density at radius 3 is 2.36 bits per heavy atom. The zero-order chi connectivity index (χ0) is 46.8. The van der Waals surface area contributed by atoms with Gasteiger partial charge in [-0.05, 0) is 90.3 Å². The highest BCUT2D eigenvalue weighted by atomic mass is 16.6. The van der Waals surface area contributed by atoms with Crippen LogP contribution in [0.5, 0.6) is 5.75 Å². The van der Waals surface area contributed by atoms with E-state index in [1.54, 1.807) is 24.1 Å². The molecule has 4 aromatic carbocycles. The van der Waals surface area contributed by atoms with Gasteiger partial charge >= 0.3 is 6.09 Å². The van der Waals surface area contributed by atoms with Gasteiger partial charge in [0.1, 0.15) is 11.9 Å². The molecule has 6 N–H and O–H groups in total. The summed E-state index contributed by atoms with van der Waals surface area (Å²) in [5.41, 5.74) is 6.45. The predicted octanol–water partition coefficient (Wildman–Crippen LogP) is 6.76. The third-order valence-electron chi connectivity index (χ3n) is 11.8. The number of anilines is 1. The molecule has 0 aliphatic carbocycles. The minimum atomic E-state index is -0.833. The Balaban J connectivity index is 0.814. The number of hydrogen-bond donors (Lipinski definition) is 6. The van der Waals surface area contributed by atoms with E-state index in [9.17, 15) is 29.4 Å². The van der Waals surface area contributed by atoms with Gasteiger partial charge in [-0.25, -0.2) is 4.79 Å². The van der Waals surface area contributed by atoms with Crippen molar-refractivity contribution >= 4 is 40.1 Å². The van der Waals surface area contributed by atoms with Gasteiger partial charge < -0.3 is 45.7 Å². The lowest BCUT2D eigenvalue weighted by molar-refractivity contribution is -0.120. The molecule has 66 heavy (non-hydrogen) atoms. The van der Waals surface area contributed by atoms with Crippen LogP contribution < -0.4 is 26.4 Å². The number of aliphatic hydroxyl groups is 1. The number of ether oxygens (including phenoxy) is 1. The summed E-state index contributed by atoms with van der Waals surface area (Å²) < 4.78 is 5.62. The first-order valence-electron chi connectivity index (χ1n) is 22.6. The summed E-state index contributed by atoms with van der Waals surface area (Å²) in [6.45, 7) is 9.40. The topological polar surface area (TPSA) is 176 Å². The highest BCUT2D eigenvalue weighted by Crippen LogP contribution is 2.28. The first-order chi connectivity index (χ1) is 31.9. The normalized spacial score (nSPS) is 14.3. The number of aromatic hydroxyl groups is 1. The van der Waals surface area contributed by atoms with Gasteiger partial charge in [0.15, 0.2) is 0 Å². The number of amides is 3. The minimum Gasteiger partial charge on any atom is -0.506 e. The van der Waals surface area contributed by atoms with Crippen molar-refractivity contribution in [2.75, 3.05) is 51.2 Å². The summed E-state index contributed by atoms with van der Waals surface area (Å²) in [7, 11) is 1.76. The second-order valence-corrected chi connectivity index (χ2v) is 16.8. The molecule has 0 unspecified atom stereocenters. The van der Waals surface area contributed by atoms with Gasteiger partial charge in [-0.3, -0.25) is 14.4 Å². The molecule has 6 rings (SSSR count). The molecule has 13 heteroatoms. The number of nitrogens with zero attached hydrogens (tertiary/aromatic N) is 2. The fraction of sp³-hybridized carbons (Fsp3) is 0.321. The van der Waals surface area contributed by atoms with Gasteiger partial charge in [0, 0.05) is 75.9 Å². The zero-order valence-corrected chi connectivity index (χ0v) is 37.9. The Morgan fingerprint density at radius 2 is 1.62 bits per heavy atom. The molecule has 0 bridgehead atoms. The number of phenolic OH excluding ortho intramolecular Hbond substituents is 1. The van der Waals surface area contributed by atoms with Gasteiger partial charge in [-0.2, -0.15) is 0 Å². The number of allylic oxidation sites excluding steroid dienone is 4. The largest absolute Gasteiger partial charge is 0.506 e. The Bertz CT molecular complexity index is 2510. The highest BCUT2D eigenvalue weighted by molar-refractivity contribution is 5.93. The van der Waals surface area contributed by atoms with Crippen molar-refractivity contribution in [1.29, 1.82) is 0 Å². The Morgan fingerprint density at radius 1 is 0.909 bits per heavy atom. The van der Waals surface area contributed by atoms with Crippen LogP contribution in [0.2, 0.25) is 0 Å². The number of aromatic nitrogens is 1. The second kappa shape index (κ2) is 24.5. The van der Waals surface area contributed by atoms with E-state index in [-0.39, 0.29) is 41.7 Å². The number of pyridine rings is 1. The average molecular weight is 895 g/mol. The third kappa shape index (κ3) is 14.9. The van der Waals surface area contributed by atoms with E-state index in [1.165, 1.54) is 12.1 Å². The van der Waals surface area contributed by atoms with Gasteiger partial charge in [-0.1, -0.05) is 104 Å². The van der Waals surface area contributed by atoms with Crippen molar-refractivity contribution in [3.05, 3.63) is 172 Å². The smallest absolute Gasteiger partial charge is 0.407 e. The summed E-state index contributed by atoms with van der Waals surface area (Å²) in [5, 5.41) is 30.8. The van der Waals surface area contributed by atoms with Crippen molar-refractivity contribution in [3.63, 3.8) is 0 Å². The Hall–Kier alpha value is -6.80. The van der Waals surface area contributed by atoms with Crippen LogP contribution in [0.4, 0.5) is 10.5 Å². The van der Waals surface area contributed by atoms with E-state index in [0.717, 1.165) is 53.0 Å². The SMILES string of the molecule is C=C(/C=C\C=C/CNC(=O)OC1CCN(CCC(=O)N(C)c2ccc(CC(=O)NCCc3ccc(C[C@@H](C)NC[C@H](O)c4ccc(O)c5[nH]c(=O)ccc45)cc3)cc2)CC1)c1ccccc1. The lowest BCUT2D eigenvalue weighted by atomic mass is 10.0. The molecule has 1 fully saturated rings. The fourth-order valence-corrected chi connectivity index (χ4v) is 7.89. The maximum absolute atomic E-state index is 13.1. The van der Waals surface area contributed by atoms with Crippen LogP contribution in [-0.4, -0.2) is 96.5 Å². The minimum absolute atomic E-state index is 0.00146. The number of nitrogens with one attached hydrogen (secondary N) is 4. The first-order valence-corrected chi connectivity index (χ1v) is 22.6. The summed E-state index contributed by atoms with van der Waals surface area (Å²) in [6.07, 6.45) is 9.57. The monoisotopic (exact) mass is 894 g/mol. The summed E-state index contributed by atoms with van der Waals surface area (Å²) >= 11 is 0. The number of aromatic amines is 1. The summed E-state index contributed by atoms with van der Waals surface area (Å²) in [6, 6.07) is 31.9. The third-order valence-corrected chi connectivity index (χ3v) is 11.8. The van der Waals surface area contributed by atoms with Crippen molar-refractivity contribution in [1.82, 2.24) is 25.8 Å². The van der Waals surface area contributed by atoms with Crippen molar-refractivity contribution in [2.24, 2.45) is 0 Å².